The first-order valence-corrected chi connectivity index (χ1v) is 8.00. The molecule has 0 bridgehead atoms. The number of aromatic amines is 1. The van der Waals surface area contributed by atoms with E-state index in [4.69, 9.17) is 5.73 Å². The minimum absolute atomic E-state index is 0.0440. The van der Waals surface area contributed by atoms with Gasteiger partial charge in [0.1, 0.15) is 0 Å². The second-order valence-corrected chi connectivity index (χ2v) is 7.31. The summed E-state index contributed by atoms with van der Waals surface area (Å²) in [7, 11) is 0. The molecule has 1 atom stereocenters. The van der Waals surface area contributed by atoms with Crippen LogP contribution in [0.3, 0.4) is 0 Å². The largest absolute Gasteiger partial charge is 0.374 e. The lowest BCUT2D eigenvalue weighted by atomic mass is 10.0. The van der Waals surface area contributed by atoms with Crippen LogP contribution in [0.1, 0.15) is 46.0 Å². The number of aromatic nitrogens is 3. The van der Waals surface area contributed by atoms with Gasteiger partial charge in [0.25, 0.3) is 0 Å². The van der Waals surface area contributed by atoms with Gasteiger partial charge in [-0.05, 0) is 33.3 Å². The zero-order valence-electron chi connectivity index (χ0n) is 12.2. The van der Waals surface area contributed by atoms with E-state index < -0.39 is 0 Å². The van der Waals surface area contributed by atoms with Gasteiger partial charge in [0, 0.05) is 11.3 Å². The van der Waals surface area contributed by atoms with E-state index in [1.807, 2.05) is 0 Å². The molecule has 3 N–H and O–H groups in total. The number of nitrogens with zero attached hydrogens (tertiary/aromatic N) is 2. The van der Waals surface area contributed by atoms with Gasteiger partial charge in [0.05, 0.1) is 10.9 Å². The van der Waals surface area contributed by atoms with Gasteiger partial charge in [-0.3, -0.25) is 9.59 Å². The molecular weight excluding hydrogens is 308 g/mol. The monoisotopic (exact) mass is 324 g/mol. The van der Waals surface area contributed by atoms with Crippen molar-refractivity contribution < 1.29 is 9.59 Å². The van der Waals surface area contributed by atoms with Crippen LogP contribution in [0.4, 0.5) is 5.13 Å². The summed E-state index contributed by atoms with van der Waals surface area (Å²) in [6.07, 6.45) is 0. The van der Waals surface area contributed by atoms with E-state index >= 15 is 0 Å². The molecule has 0 spiro atoms. The number of anilines is 1. The highest BCUT2D eigenvalue weighted by Gasteiger charge is 2.25. The van der Waals surface area contributed by atoms with Crippen LogP contribution < -0.4 is 5.73 Å². The van der Waals surface area contributed by atoms with Crippen molar-refractivity contribution in [1.82, 2.24) is 15.2 Å². The number of Topliss-reactive ketones (excluding diaryl/α,β-unsaturated/α-hetero) is 2. The molecule has 2 heterocycles. The molecule has 0 saturated heterocycles. The summed E-state index contributed by atoms with van der Waals surface area (Å²) in [4.78, 5) is 27.2. The molecule has 0 aliphatic heterocycles. The van der Waals surface area contributed by atoms with Crippen molar-refractivity contribution >= 4 is 39.8 Å². The average molecular weight is 324 g/mol. The van der Waals surface area contributed by atoms with Gasteiger partial charge in [-0.2, -0.15) is 0 Å². The van der Waals surface area contributed by atoms with E-state index in [2.05, 4.69) is 15.2 Å². The molecule has 0 radical (unpaired) electrons. The number of hydrogen-bond donors (Lipinski definition) is 2. The zero-order valence-corrected chi connectivity index (χ0v) is 13.8. The number of hydrogen-bond acceptors (Lipinski definition) is 7. The lowest BCUT2D eigenvalue weighted by molar-refractivity contribution is 0.0988. The molecule has 0 saturated carbocycles. The number of nitrogens with two attached hydrogens (primary N) is 1. The Balaban J connectivity index is 2.23. The summed E-state index contributed by atoms with van der Waals surface area (Å²) in [5, 5.41) is 7.66. The molecule has 21 heavy (non-hydrogen) atoms. The number of H-pyrrole nitrogens is 1. The SMILES string of the molecule is CC(=O)c1c(C)[nH]c(C(=O)[C@@H](C)Sc2nnc(N)s2)c1C. The fraction of sp³-hybridized carbons (Fsp3) is 0.385. The van der Waals surface area contributed by atoms with Gasteiger partial charge in [0.2, 0.25) is 5.13 Å². The predicted octanol–water partition coefficient (Wildman–Crippen LogP) is 2.63. The Morgan fingerprint density at radius 1 is 1.33 bits per heavy atom. The maximum absolute atomic E-state index is 12.5. The van der Waals surface area contributed by atoms with E-state index in [1.54, 1.807) is 20.8 Å². The highest BCUT2D eigenvalue weighted by atomic mass is 32.2. The first-order chi connectivity index (χ1) is 9.81. The Bertz CT molecular complexity index is 705. The topological polar surface area (TPSA) is 102 Å². The molecule has 0 unspecified atom stereocenters. The Morgan fingerprint density at radius 3 is 2.48 bits per heavy atom. The molecule has 6 nitrogen and oxygen atoms in total. The number of thioether (sulfide) groups is 1. The lowest BCUT2D eigenvalue weighted by Gasteiger charge is -2.07. The fourth-order valence-electron chi connectivity index (χ4n) is 2.20. The third kappa shape index (κ3) is 3.16. The Hall–Kier alpha value is -1.67. The van der Waals surface area contributed by atoms with E-state index in [9.17, 15) is 9.59 Å². The number of rotatable bonds is 5. The van der Waals surface area contributed by atoms with Crippen LogP contribution in [0.2, 0.25) is 0 Å². The Kier molecular flexibility index (Phi) is 4.48. The van der Waals surface area contributed by atoms with Crippen LogP contribution in [0, 0.1) is 13.8 Å². The second kappa shape index (κ2) is 5.98. The molecular formula is C13H16N4O2S2. The van der Waals surface area contributed by atoms with Gasteiger partial charge in [-0.15, -0.1) is 10.2 Å². The van der Waals surface area contributed by atoms with Crippen molar-refractivity contribution in [3.05, 3.63) is 22.5 Å². The quantitative estimate of drug-likeness (QED) is 0.647. The Morgan fingerprint density at radius 2 is 2.00 bits per heavy atom. The third-order valence-electron chi connectivity index (χ3n) is 3.10. The third-order valence-corrected chi connectivity index (χ3v) is 5.04. The summed E-state index contributed by atoms with van der Waals surface area (Å²) in [5.41, 5.74) is 8.03. The van der Waals surface area contributed by atoms with E-state index in [-0.39, 0.29) is 16.8 Å². The smallest absolute Gasteiger partial charge is 0.203 e. The summed E-state index contributed by atoms with van der Waals surface area (Å²) in [6, 6.07) is 0. The maximum Gasteiger partial charge on any atom is 0.203 e. The Labute approximate surface area is 130 Å². The number of aryl methyl sites for hydroxylation is 1. The summed E-state index contributed by atoms with van der Waals surface area (Å²) >= 11 is 2.56. The highest BCUT2D eigenvalue weighted by molar-refractivity contribution is 8.02. The number of carbonyl (C=O) groups is 2. The summed E-state index contributed by atoms with van der Waals surface area (Å²) < 4.78 is 0.654. The van der Waals surface area contributed by atoms with E-state index in [0.29, 0.717) is 26.3 Å². The second-order valence-electron chi connectivity index (χ2n) is 4.71. The molecule has 2 aromatic rings. The van der Waals surface area contributed by atoms with Gasteiger partial charge in [-0.25, -0.2) is 0 Å². The number of nitrogen functional groups attached to an aromatic ring is 1. The normalized spacial score (nSPS) is 12.4. The van der Waals surface area contributed by atoms with Gasteiger partial charge in [-0.1, -0.05) is 23.1 Å². The van der Waals surface area contributed by atoms with Crippen molar-refractivity contribution in [3.63, 3.8) is 0 Å². The predicted molar refractivity (Wildman–Crippen MR) is 84.2 cm³/mol. The molecule has 0 fully saturated rings. The average Bonchev–Trinajstić information content (AvgIpc) is 2.92. The van der Waals surface area contributed by atoms with Crippen molar-refractivity contribution in [2.75, 3.05) is 5.73 Å². The van der Waals surface area contributed by atoms with Crippen LogP contribution in [0.15, 0.2) is 4.34 Å². The van der Waals surface area contributed by atoms with Crippen LogP contribution in [-0.4, -0.2) is 32.0 Å². The number of nitrogens with one attached hydrogen (secondary N) is 1. The van der Waals surface area contributed by atoms with Gasteiger partial charge in [0.15, 0.2) is 15.9 Å². The molecule has 2 aromatic heterocycles. The van der Waals surface area contributed by atoms with Crippen molar-refractivity contribution in [2.24, 2.45) is 0 Å². The molecule has 0 aliphatic rings. The minimum atomic E-state index is -0.339. The van der Waals surface area contributed by atoms with Crippen LogP contribution >= 0.6 is 23.1 Å². The standard InChI is InChI=1S/C13H16N4O2S2/c1-5-9(7(3)18)6(2)15-10(5)11(19)8(4)20-13-17-16-12(14)21-13/h8,15H,1-4H3,(H2,14,16)/t8-/m1/s1. The number of carbonyl (C=O) groups excluding carboxylic acids is 2. The maximum atomic E-state index is 12.5. The molecule has 0 aromatic carbocycles. The van der Waals surface area contributed by atoms with E-state index in [1.165, 1.54) is 30.0 Å². The number of ketones is 2. The van der Waals surface area contributed by atoms with Gasteiger partial charge < -0.3 is 10.7 Å². The zero-order chi connectivity index (χ0) is 15.7. The minimum Gasteiger partial charge on any atom is -0.374 e. The van der Waals surface area contributed by atoms with Crippen molar-refractivity contribution in [3.8, 4) is 0 Å². The molecule has 0 amide bonds. The van der Waals surface area contributed by atoms with E-state index in [0.717, 1.165) is 5.69 Å². The highest BCUT2D eigenvalue weighted by Crippen LogP contribution is 2.30. The first kappa shape index (κ1) is 15.7. The van der Waals surface area contributed by atoms with Crippen molar-refractivity contribution in [1.29, 1.82) is 0 Å². The van der Waals surface area contributed by atoms with Crippen LogP contribution in [0.25, 0.3) is 0 Å². The molecule has 2 rings (SSSR count). The molecule has 8 heteroatoms. The molecule has 0 aliphatic carbocycles. The van der Waals surface area contributed by atoms with Crippen molar-refractivity contribution in [2.45, 2.75) is 37.3 Å². The fourth-order valence-corrected chi connectivity index (χ4v) is 4.04. The van der Waals surface area contributed by atoms with Crippen LogP contribution in [0.5, 0.6) is 0 Å². The van der Waals surface area contributed by atoms with Crippen LogP contribution in [-0.2, 0) is 0 Å². The summed E-state index contributed by atoms with van der Waals surface area (Å²) in [6.45, 7) is 6.88. The summed E-state index contributed by atoms with van der Waals surface area (Å²) in [5.74, 6) is -0.112. The lowest BCUT2D eigenvalue weighted by Crippen LogP contribution is -2.15. The van der Waals surface area contributed by atoms with Gasteiger partial charge >= 0.3 is 0 Å². The molecule has 112 valence electrons. The first-order valence-electron chi connectivity index (χ1n) is 6.31.